The highest BCUT2D eigenvalue weighted by molar-refractivity contribution is 5.81. The number of amides is 1. The number of nitrogens with zero attached hydrogens (tertiary/aromatic N) is 2. The van der Waals surface area contributed by atoms with E-state index in [2.05, 4.69) is 16.0 Å². The number of hydrogen-bond donors (Lipinski definition) is 1. The van der Waals surface area contributed by atoms with Crippen LogP contribution in [0.15, 0.2) is 54.6 Å². The second kappa shape index (κ2) is 8.91. The first-order valence-electron chi connectivity index (χ1n) is 9.85. The van der Waals surface area contributed by atoms with E-state index in [0.29, 0.717) is 19.6 Å². The lowest BCUT2D eigenvalue weighted by atomic mass is 9.96. The van der Waals surface area contributed by atoms with Gasteiger partial charge in [0.25, 0.3) is 0 Å². The summed E-state index contributed by atoms with van der Waals surface area (Å²) in [7, 11) is 0. The Kier molecular flexibility index (Phi) is 6.34. The van der Waals surface area contributed by atoms with Gasteiger partial charge in [0.2, 0.25) is 5.91 Å². The van der Waals surface area contributed by atoms with Gasteiger partial charge in [-0.25, -0.2) is 4.98 Å². The van der Waals surface area contributed by atoms with Crippen molar-refractivity contribution in [2.75, 3.05) is 13.2 Å². The van der Waals surface area contributed by atoms with Gasteiger partial charge in [-0.2, -0.15) is 0 Å². The van der Waals surface area contributed by atoms with E-state index in [1.807, 2.05) is 69.3 Å². The molecule has 0 unspecified atom stereocenters. The molecular formula is C23H29N3O2. The predicted octanol–water partition coefficient (Wildman–Crippen LogP) is 4.21. The number of rotatable bonds is 8. The Hall–Kier alpha value is -2.82. The zero-order valence-electron chi connectivity index (χ0n) is 16.9. The van der Waals surface area contributed by atoms with Crippen molar-refractivity contribution in [3.63, 3.8) is 0 Å². The Bertz CT molecular complexity index is 910. The van der Waals surface area contributed by atoms with Crippen LogP contribution in [0.4, 0.5) is 0 Å². The van der Waals surface area contributed by atoms with Gasteiger partial charge in [0.05, 0.1) is 17.6 Å². The molecule has 148 valence electrons. The van der Waals surface area contributed by atoms with Crippen LogP contribution in [0.5, 0.6) is 5.75 Å². The maximum Gasteiger partial charge on any atom is 0.225 e. The van der Waals surface area contributed by atoms with Crippen molar-refractivity contribution in [1.82, 2.24) is 14.9 Å². The van der Waals surface area contributed by atoms with Gasteiger partial charge in [0, 0.05) is 24.9 Å². The van der Waals surface area contributed by atoms with E-state index in [0.717, 1.165) is 35.6 Å². The fourth-order valence-electron chi connectivity index (χ4n) is 3.05. The van der Waals surface area contributed by atoms with E-state index in [9.17, 15) is 4.79 Å². The Balaban J connectivity index is 1.62. The monoisotopic (exact) mass is 379 g/mol. The van der Waals surface area contributed by atoms with Crippen molar-refractivity contribution in [2.45, 2.75) is 40.2 Å². The molecule has 0 spiro atoms. The summed E-state index contributed by atoms with van der Waals surface area (Å²) in [4.78, 5) is 16.9. The van der Waals surface area contributed by atoms with Gasteiger partial charge in [0.15, 0.2) is 0 Å². The number of fused-ring (bicyclic) bond motifs is 1. The van der Waals surface area contributed by atoms with E-state index < -0.39 is 0 Å². The van der Waals surface area contributed by atoms with Crippen LogP contribution in [0.2, 0.25) is 0 Å². The number of carbonyl (C=O) groups excluding carboxylic acids is 1. The lowest BCUT2D eigenvalue weighted by molar-refractivity contribution is -0.128. The first kappa shape index (κ1) is 19.9. The third-order valence-electron chi connectivity index (χ3n) is 4.59. The molecular weight excluding hydrogens is 350 g/mol. The molecule has 3 aromatic rings. The maximum atomic E-state index is 12.1. The van der Waals surface area contributed by atoms with E-state index >= 15 is 0 Å². The normalized spacial score (nSPS) is 11.5. The molecule has 1 heterocycles. The molecule has 0 atom stereocenters. The largest absolute Gasteiger partial charge is 0.494 e. The number of para-hydroxylation sites is 3. The molecule has 3 rings (SSSR count). The van der Waals surface area contributed by atoms with Gasteiger partial charge in [-0.15, -0.1) is 0 Å². The Morgan fingerprint density at radius 1 is 1.07 bits per heavy atom. The molecule has 2 aromatic carbocycles. The van der Waals surface area contributed by atoms with Crippen LogP contribution in [0.25, 0.3) is 11.0 Å². The smallest absolute Gasteiger partial charge is 0.225 e. The number of nitrogens with one attached hydrogen (secondary N) is 1. The molecule has 1 amide bonds. The number of aromatic nitrogens is 2. The second-order valence-electron chi connectivity index (χ2n) is 7.94. The van der Waals surface area contributed by atoms with Crippen molar-refractivity contribution in [1.29, 1.82) is 0 Å². The average Bonchev–Trinajstić information content (AvgIpc) is 3.03. The molecule has 0 bridgehead atoms. The molecule has 0 aliphatic heterocycles. The minimum absolute atomic E-state index is 0.0615. The minimum atomic E-state index is -0.380. The number of ether oxygens (including phenoxy) is 1. The molecule has 0 fully saturated rings. The Morgan fingerprint density at radius 3 is 2.54 bits per heavy atom. The molecule has 0 radical (unpaired) electrons. The molecule has 5 heteroatoms. The van der Waals surface area contributed by atoms with Crippen molar-refractivity contribution in [2.24, 2.45) is 5.41 Å². The van der Waals surface area contributed by atoms with Crippen LogP contribution in [0.1, 0.15) is 33.0 Å². The highest BCUT2D eigenvalue weighted by Crippen LogP contribution is 2.18. The third-order valence-corrected chi connectivity index (χ3v) is 4.59. The van der Waals surface area contributed by atoms with Crippen molar-refractivity contribution < 1.29 is 9.53 Å². The summed E-state index contributed by atoms with van der Waals surface area (Å²) in [5.74, 6) is 1.95. The summed E-state index contributed by atoms with van der Waals surface area (Å²) in [5, 5.41) is 3.01. The standard InChI is InChI=1S/C23H29N3O2/c1-23(2,3)22(27)24-15-14-21-25-19-12-7-8-13-20(19)26(21)16-9-17-28-18-10-5-4-6-11-18/h4-8,10-13H,9,14-17H2,1-3H3,(H,24,27). The molecule has 0 aliphatic rings. The SMILES string of the molecule is CC(C)(C)C(=O)NCCc1nc2ccccc2n1CCCOc1ccccc1. The van der Waals surface area contributed by atoms with Gasteiger partial charge >= 0.3 is 0 Å². The summed E-state index contributed by atoms with van der Waals surface area (Å²) >= 11 is 0. The Morgan fingerprint density at radius 2 is 1.79 bits per heavy atom. The molecule has 1 aromatic heterocycles. The van der Waals surface area contributed by atoms with Gasteiger partial charge < -0.3 is 14.6 Å². The maximum absolute atomic E-state index is 12.1. The van der Waals surface area contributed by atoms with Crippen LogP contribution in [-0.4, -0.2) is 28.6 Å². The fourth-order valence-corrected chi connectivity index (χ4v) is 3.05. The summed E-state index contributed by atoms with van der Waals surface area (Å²) in [6.45, 7) is 7.82. The lowest BCUT2D eigenvalue weighted by Gasteiger charge is -2.17. The predicted molar refractivity (Wildman–Crippen MR) is 112 cm³/mol. The molecule has 0 saturated carbocycles. The quantitative estimate of drug-likeness (QED) is 0.597. The summed E-state index contributed by atoms with van der Waals surface area (Å²) in [5.41, 5.74) is 1.73. The second-order valence-corrected chi connectivity index (χ2v) is 7.94. The number of aryl methyl sites for hydroxylation is 1. The molecule has 1 N–H and O–H groups in total. The van der Waals surface area contributed by atoms with E-state index in [1.165, 1.54) is 0 Å². The summed E-state index contributed by atoms with van der Waals surface area (Å²) in [6, 6.07) is 18.0. The van der Waals surface area contributed by atoms with Gasteiger partial charge in [-0.05, 0) is 30.7 Å². The van der Waals surface area contributed by atoms with Gasteiger partial charge in [0.1, 0.15) is 11.6 Å². The first-order chi connectivity index (χ1) is 13.4. The van der Waals surface area contributed by atoms with Gasteiger partial charge in [-0.3, -0.25) is 4.79 Å². The Labute approximate surface area is 166 Å². The van der Waals surface area contributed by atoms with E-state index in [4.69, 9.17) is 9.72 Å². The molecule has 0 saturated heterocycles. The number of benzene rings is 2. The topological polar surface area (TPSA) is 56.2 Å². The zero-order chi connectivity index (χ0) is 20.0. The fraction of sp³-hybridized carbons (Fsp3) is 0.391. The number of imidazole rings is 1. The molecule has 0 aliphatic carbocycles. The van der Waals surface area contributed by atoms with Crippen LogP contribution >= 0.6 is 0 Å². The van der Waals surface area contributed by atoms with Crippen LogP contribution < -0.4 is 10.1 Å². The van der Waals surface area contributed by atoms with E-state index in [-0.39, 0.29) is 11.3 Å². The zero-order valence-corrected chi connectivity index (χ0v) is 16.9. The minimum Gasteiger partial charge on any atom is -0.494 e. The summed E-state index contributed by atoms with van der Waals surface area (Å²) < 4.78 is 8.06. The van der Waals surface area contributed by atoms with Crippen molar-refractivity contribution in [3.05, 3.63) is 60.4 Å². The number of carbonyl (C=O) groups is 1. The van der Waals surface area contributed by atoms with E-state index in [1.54, 1.807) is 0 Å². The summed E-state index contributed by atoms with van der Waals surface area (Å²) in [6.07, 6.45) is 1.59. The lowest BCUT2D eigenvalue weighted by Crippen LogP contribution is -2.36. The first-order valence-corrected chi connectivity index (χ1v) is 9.85. The van der Waals surface area contributed by atoms with Crippen molar-refractivity contribution >= 4 is 16.9 Å². The van der Waals surface area contributed by atoms with Crippen molar-refractivity contribution in [3.8, 4) is 5.75 Å². The molecule has 5 nitrogen and oxygen atoms in total. The van der Waals surface area contributed by atoms with Crippen LogP contribution in [0.3, 0.4) is 0 Å². The van der Waals surface area contributed by atoms with Crippen LogP contribution in [-0.2, 0) is 17.8 Å². The third kappa shape index (κ3) is 5.12. The highest BCUT2D eigenvalue weighted by Gasteiger charge is 2.20. The van der Waals surface area contributed by atoms with Gasteiger partial charge in [-0.1, -0.05) is 51.1 Å². The highest BCUT2D eigenvalue weighted by atomic mass is 16.5. The average molecular weight is 380 g/mol. The number of hydrogen-bond acceptors (Lipinski definition) is 3. The van der Waals surface area contributed by atoms with Crippen LogP contribution in [0, 0.1) is 5.41 Å². The molecule has 28 heavy (non-hydrogen) atoms.